The molecular formula is C14H17N3O2. The average molecular weight is 259 g/mol. The number of carbonyl (C=O) groups excluding carboxylic acids is 2. The van der Waals surface area contributed by atoms with Crippen molar-refractivity contribution in [2.24, 2.45) is 0 Å². The second kappa shape index (κ2) is 4.76. The molecular weight excluding hydrogens is 242 g/mol. The van der Waals surface area contributed by atoms with E-state index in [1.54, 1.807) is 17.2 Å². The first-order chi connectivity index (χ1) is 8.95. The SMILES string of the molecule is CN(C)/C=C1\C(=O)N(C=O)c2ccc(N(C)C)cc21. The summed E-state index contributed by atoms with van der Waals surface area (Å²) in [4.78, 5) is 28.2. The van der Waals surface area contributed by atoms with Gasteiger partial charge in [0, 0.05) is 45.6 Å². The number of hydrogen-bond donors (Lipinski definition) is 0. The van der Waals surface area contributed by atoms with Gasteiger partial charge in [-0.25, -0.2) is 4.90 Å². The van der Waals surface area contributed by atoms with Crippen LogP contribution in [0.2, 0.25) is 0 Å². The van der Waals surface area contributed by atoms with E-state index >= 15 is 0 Å². The Morgan fingerprint density at radius 2 is 1.84 bits per heavy atom. The molecule has 0 fully saturated rings. The number of rotatable bonds is 3. The van der Waals surface area contributed by atoms with Gasteiger partial charge >= 0.3 is 0 Å². The lowest BCUT2D eigenvalue weighted by Crippen LogP contribution is -2.24. The van der Waals surface area contributed by atoms with E-state index < -0.39 is 0 Å². The van der Waals surface area contributed by atoms with Crippen molar-refractivity contribution in [1.82, 2.24) is 4.90 Å². The highest BCUT2D eigenvalue weighted by molar-refractivity contribution is 6.37. The van der Waals surface area contributed by atoms with Gasteiger partial charge in [-0.2, -0.15) is 0 Å². The van der Waals surface area contributed by atoms with Crippen molar-refractivity contribution in [3.63, 3.8) is 0 Å². The number of nitrogens with zero attached hydrogens (tertiary/aromatic N) is 3. The van der Waals surface area contributed by atoms with Crippen LogP contribution >= 0.6 is 0 Å². The molecule has 5 heteroatoms. The Kier molecular flexibility index (Phi) is 3.29. The maximum atomic E-state index is 12.2. The predicted octanol–water partition coefficient (Wildman–Crippen LogP) is 1.16. The summed E-state index contributed by atoms with van der Waals surface area (Å²) >= 11 is 0. The predicted molar refractivity (Wildman–Crippen MR) is 76.0 cm³/mol. The van der Waals surface area contributed by atoms with Crippen LogP contribution in [-0.4, -0.2) is 45.4 Å². The summed E-state index contributed by atoms with van der Waals surface area (Å²) in [5.41, 5.74) is 2.95. The van der Waals surface area contributed by atoms with Gasteiger partial charge in [0.1, 0.15) is 0 Å². The topological polar surface area (TPSA) is 43.9 Å². The summed E-state index contributed by atoms with van der Waals surface area (Å²) in [6, 6.07) is 5.61. The first-order valence-corrected chi connectivity index (χ1v) is 5.94. The lowest BCUT2D eigenvalue weighted by molar-refractivity contribution is -0.117. The molecule has 19 heavy (non-hydrogen) atoms. The summed E-state index contributed by atoms with van der Waals surface area (Å²) in [6.45, 7) is 0. The smallest absolute Gasteiger partial charge is 0.267 e. The molecule has 2 amide bonds. The van der Waals surface area contributed by atoms with E-state index in [1.807, 2.05) is 45.2 Å². The van der Waals surface area contributed by atoms with E-state index in [0.29, 0.717) is 17.7 Å². The number of fused-ring (bicyclic) bond motifs is 1. The molecule has 1 aromatic rings. The van der Waals surface area contributed by atoms with Crippen LogP contribution in [0.15, 0.2) is 24.4 Å². The molecule has 2 rings (SSSR count). The van der Waals surface area contributed by atoms with E-state index in [9.17, 15) is 9.59 Å². The maximum Gasteiger partial charge on any atom is 0.267 e. The summed E-state index contributed by atoms with van der Waals surface area (Å²) < 4.78 is 0. The maximum absolute atomic E-state index is 12.2. The molecule has 0 saturated heterocycles. The minimum atomic E-state index is -0.283. The van der Waals surface area contributed by atoms with Crippen molar-refractivity contribution >= 4 is 29.3 Å². The molecule has 0 radical (unpaired) electrons. The van der Waals surface area contributed by atoms with Crippen molar-refractivity contribution < 1.29 is 9.59 Å². The number of carbonyl (C=O) groups is 2. The molecule has 0 unspecified atom stereocenters. The third kappa shape index (κ3) is 2.19. The van der Waals surface area contributed by atoms with Crippen molar-refractivity contribution in [2.75, 3.05) is 38.0 Å². The second-order valence-electron chi connectivity index (χ2n) is 4.88. The van der Waals surface area contributed by atoms with Gasteiger partial charge in [0.25, 0.3) is 5.91 Å². The van der Waals surface area contributed by atoms with Crippen LogP contribution in [-0.2, 0) is 9.59 Å². The van der Waals surface area contributed by atoms with E-state index in [2.05, 4.69) is 0 Å². The van der Waals surface area contributed by atoms with Crippen molar-refractivity contribution in [2.45, 2.75) is 0 Å². The minimum Gasteiger partial charge on any atom is -0.383 e. The standard InChI is InChI=1S/C14H17N3O2/c1-15(2)8-12-11-7-10(16(3)4)5-6-13(11)17(9-18)14(12)19/h5-9H,1-4H3/b12-8-. The molecule has 0 atom stereocenters. The largest absolute Gasteiger partial charge is 0.383 e. The Bertz CT molecular complexity index is 562. The van der Waals surface area contributed by atoms with Crippen LogP contribution in [0, 0.1) is 0 Å². The van der Waals surface area contributed by atoms with Gasteiger partial charge in [-0.15, -0.1) is 0 Å². The summed E-state index contributed by atoms with van der Waals surface area (Å²) in [7, 11) is 7.56. The first kappa shape index (κ1) is 13.1. The van der Waals surface area contributed by atoms with E-state index in [0.717, 1.165) is 16.2 Å². The van der Waals surface area contributed by atoms with E-state index in [1.165, 1.54) is 0 Å². The monoisotopic (exact) mass is 259 g/mol. The van der Waals surface area contributed by atoms with Gasteiger partial charge < -0.3 is 9.80 Å². The average Bonchev–Trinajstić information content (AvgIpc) is 2.61. The van der Waals surface area contributed by atoms with Crippen LogP contribution in [0.1, 0.15) is 5.56 Å². The van der Waals surface area contributed by atoms with Crippen LogP contribution in [0.4, 0.5) is 11.4 Å². The zero-order valence-electron chi connectivity index (χ0n) is 11.5. The zero-order valence-corrected chi connectivity index (χ0v) is 11.5. The van der Waals surface area contributed by atoms with Gasteiger partial charge in [-0.05, 0) is 18.2 Å². The molecule has 0 aliphatic carbocycles. The minimum absolute atomic E-state index is 0.283. The number of benzene rings is 1. The fourth-order valence-electron chi connectivity index (χ4n) is 2.07. The number of hydrogen-bond acceptors (Lipinski definition) is 4. The highest BCUT2D eigenvalue weighted by Gasteiger charge is 2.32. The molecule has 1 aliphatic rings. The highest BCUT2D eigenvalue weighted by Crippen LogP contribution is 2.38. The normalized spacial score (nSPS) is 15.7. The van der Waals surface area contributed by atoms with Gasteiger partial charge in [0.2, 0.25) is 6.41 Å². The molecule has 0 aromatic heterocycles. The third-order valence-corrected chi connectivity index (χ3v) is 2.99. The number of amides is 2. The Hall–Kier alpha value is -2.30. The quantitative estimate of drug-likeness (QED) is 0.603. The van der Waals surface area contributed by atoms with Crippen molar-refractivity contribution in [1.29, 1.82) is 0 Å². The van der Waals surface area contributed by atoms with Crippen molar-refractivity contribution in [3.05, 3.63) is 30.0 Å². The van der Waals surface area contributed by atoms with E-state index in [4.69, 9.17) is 0 Å². The fraction of sp³-hybridized carbons (Fsp3) is 0.286. The number of anilines is 2. The van der Waals surface area contributed by atoms with Crippen LogP contribution < -0.4 is 9.80 Å². The molecule has 1 heterocycles. The lowest BCUT2D eigenvalue weighted by Gasteiger charge is -2.14. The Labute approximate surface area is 112 Å². The van der Waals surface area contributed by atoms with E-state index in [-0.39, 0.29) is 5.91 Å². The molecule has 0 N–H and O–H groups in total. The van der Waals surface area contributed by atoms with Gasteiger partial charge in [-0.1, -0.05) is 0 Å². The summed E-state index contributed by atoms with van der Waals surface area (Å²) in [5.74, 6) is -0.283. The zero-order chi connectivity index (χ0) is 14.2. The Morgan fingerprint density at radius 3 is 2.37 bits per heavy atom. The molecule has 1 aromatic carbocycles. The molecule has 1 aliphatic heterocycles. The second-order valence-corrected chi connectivity index (χ2v) is 4.88. The van der Waals surface area contributed by atoms with Crippen LogP contribution in [0.25, 0.3) is 5.57 Å². The lowest BCUT2D eigenvalue weighted by atomic mass is 10.1. The van der Waals surface area contributed by atoms with Gasteiger partial charge in [0.15, 0.2) is 0 Å². The molecule has 0 spiro atoms. The molecule has 100 valence electrons. The first-order valence-electron chi connectivity index (χ1n) is 5.94. The molecule has 0 bridgehead atoms. The Morgan fingerprint density at radius 1 is 1.16 bits per heavy atom. The Balaban J connectivity index is 2.62. The summed E-state index contributed by atoms with van der Waals surface area (Å²) in [6.07, 6.45) is 2.30. The van der Waals surface area contributed by atoms with Crippen LogP contribution in [0.5, 0.6) is 0 Å². The number of imide groups is 1. The van der Waals surface area contributed by atoms with Crippen LogP contribution in [0.3, 0.4) is 0 Å². The highest BCUT2D eigenvalue weighted by atomic mass is 16.2. The van der Waals surface area contributed by atoms with Crippen molar-refractivity contribution in [3.8, 4) is 0 Å². The molecule has 5 nitrogen and oxygen atoms in total. The third-order valence-electron chi connectivity index (χ3n) is 2.99. The fourth-order valence-corrected chi connectivity index (χ4v) is 2.07. The van der Waals surface area contributed by atoms with Gasteiger partial charge in [-0.3, -0.25) is 9.59 Å². The van der Waals surface area contributed by atoms with Gasteiger partial charge in [0.05, 0.1) is 11.3 Å². The molecule has 0 saturated carbocycles. The summed E-state index contributed by atoms with van der Waals surface area (Å²) in [5, 5.41) is 0.